The number of nitrogens with one attached hydrogen (secondary N) is 2. The third-order valence-electron chi connectivity index (χ3n) is 1.37. The zero-order valence-electron chi connectivity index (χ0n) is 8.72. The predicted octanol–water partition coefficient (Wildman–Crippen LogP) is 1.29. The van der Waals surface area contributed by atoms with Crippen molar-refractivity contribution in [2.75, 3.05) is 19.8 Å². The van der Waals surface area contributed by atoms with Crippen molar-refractivity contribution in [2.24, 2.45) is 0 Å². The molecule has 0 aliphatic heterocycles. The van der Waals surface area contributed by atoms with Crippen LogP contribution in [0.5, 0.6) is 0 Å². The third kappa shape index (κ3) is 9.56. The molecule has 0 aliphatic carbocycles. The number of hydrogen-bond donors (Lipinski definition) is 2. The standard InChI is InChI=1S/C9H20N2OS/c1-4-12-7-5-6-10-9(13)11-8(2)3/h8H,4-7H2,1-3H3,(H2,10,11,13). The molecule has 0 rings (SSSR count). The first-order chi connectivity index (χ1) is 6.16. The Morgan fingerprint density at radius 2 is 2.15 bits per heavy atom. The molecule has 4 heteroatoms. The normalized spacial score (nSPS) is 10.2. The van der Waals surface area contributed by atoms with Crippen LogP contribution in [0.2, 0.25) is 0 Å². The highest BCUT2D eigenvalue weighted by molar-refractivity contribution is 7.80. The monoisotopic (exact) mass is 204 g/mol. The molecule has 0 amide bonds. The topological polar surface area (TPSA) is 33.3 Å². The molecular weight excluding hydrogens is 184 g/mol. The fourth-order valence-electron chi connectivity index (χ4n) is 0.834. The van der Waals surface area contributed by atoms with E-state index in [1.807, 2.05) is 6.92 Å². The van der Waals surface area contributed by atoms with Crippen molar-refractivity contribution in [1.29, 1.82) is 0 Å². The fraction of sp³-hybridized carbons (Fsp3) is 0.889. The maximum atomic E-state index is 5.19. The Hall–Kier alpha value is -0.350. The first kappa shape index (κ1) is 12.7. The minimum atomic E-state index is 0.395. The molecule has 0 aromatic heterocycles. The summed E-state index contributed by atoms with van der Waals surface area (Å²) in [6.07, 6.45) is 0.994. The highest BCUT2D eigenvalue weighted by atomic mass is 32.1. The molecule has 0 spiro atoms. The summed E-state index contributed by atoms with van der Waals surface area (Å²) in [5.41, 5.74) is 0. The molecule has 0 aliphatic rings. The van der Waals surface area contributed by atoms with Gasteiger partial charge >= 0.3 is 0 Å². The molecule has 0 aromatic carbocycles. The predicted molar refractivity (Wildman–Crippen MR) is 60.0 cm³/mol. The minimum Gasteiger partial charge on any atom is -0.382 e. The summed E-state index contributed by atoms with van der Waals surface area (Å²) >= 11 is 5.05. The summed E-state index contributed by atoms with van der Waals surface area (Å²) in [7, 11) is 0. The van der Waals surface area contributed by atoms with Gasteiger partial charge in [-0.15, -0.1) is 0 Å². The van der Waals surface area contributed by atoms with Crippen LogP contribution in [0.1, 0.15) is 27.2 Å². The van der Waals surface area contributed by atoms with Crippen LogP contribution in [-0.4, -0.2) is 30.9 Å². The molecule has 0 fully saturated rings. The maximum absolute atomic E-state index is 5.19. The SMILES string of the molecule is CCOCCCNC(=S)NC(C)C. The lowest BCUT2D eigenvalue weighted by Gasteiger charge is -2.12. The van der Waals surface area contributed by atoms with Gasteiger partial charge < -0.3 is 15.4 Å². The third-order valence-corrected chi connectivity index (χ3v) is 1.64. The van der Waals surface area contributed by atoms with E-state index in [2.05, 4.69) is 24.5 Å². The van der Waals surface area contributed by atoms with Gasteiger partial charge in [-0.2, -0.15) is 0 Å². The Labute approximate surface area is 86.2 Å². The fourth-order valence-corrected chi connectivity index (χ4v) is 1.17. The molecule has 0 bridgehead atoms. The van der Waals surface area contributed by atoms with Gasteiger partial charge in [0.15, 0.2) is 5.11 Å². The molecule has 0 aromatic rings. The Morgan fingerprint density at radius 1 is 1.46 bits per heavy atom. The lowest BCUT2D eigenvalue weighted by molar-refractivity contribution is 0.145. The van der Waals surface area contributed by atoms with Crippen molar-refractivity contribution >= 4 is 17.3 Å². The molecule has 0 saturated heterocycles. The van der Waals surface area contributed by atoms with E-state index in [0.29, 0.717) is 6.04 Å². The maximum Gasteiger partial charge on any atom is 0.166 e. The first-order valence-electron chi connectivity index (χ1n) is 4.79. The Balaban J connectivity index is 3.17. The van der Waals surface area contributed by atoms with Gasteiger partial charge in [-0.05, 0) is 39.4 Å². The number of thiocarbonyl (C=S) groups is 1. The quantitative estimate of drug-likeness (QED) is 0.504. The van der Waals surface area contributed by atoms with E-state index in [0.717, 1.165) is 31.3 Å². The Bertz CT molecular complexity index is 140. The molecule has 13 heavy (non-hydrogen) atoms. The smallest absolute Gasteiger partial charge is 0.166 e. The largest absolute Gasteiger partial charge is 0.382 e. The zero-order chi connectivity index (χ0) is 10.1. The van der Waals surface area contributed by atoms with Gasteiger partial charge in [0.05, 0.1) is 0 Å². The van der Waals surface area contributed by atoms with E-state index in [4.69, 9.17) is 17.0 Å². The second kappa shape index (κ2) is 8.26. The molecule has 2 N–H and O–H groups in total. The second-order valence-corrected chi connectivity index (χ2v) is 3.51. The summed E-state index contributed by atoms with van der Waals surface area (Å²) in [6.45, 7) is 8.59. The van der Waals surface area contributed by atoms with Gasteiger partial charge in [0, 0.05) is 25.8 Å². The van der Waals surface area contributed by atoms with Crippen molar-refractivity contribution in [2.45, 2.75) is 33.2 Å². The van der Waals surface area contributed by atoms with Crippen molar-refractivity contribution in [3.05, 3.63) is 0 Å². The van der Waals surface area contributed by atoms with Gasteiger partial charge in [0.2, 0.25) is 0 Å². The summed E-state index contributed by atoms with van der Waals surface area (Å²) in [4.78, 5) is 0. The summed E-state index contributed by atoms with van der Waals surface area (Å²) < 4.78 is 5.19. The minimum absolute atomic E-state index is 0.395. The average Bonchev–Trinajstić information content (AvgIpc) is 2.02. The van der Waals surface area contributed by atoms with Crippen LogP contribution in [0.4, 0.5) is 0 Å². The van der Waals surface area contributed by atoms with Crippen molar-refractivity contribution in [1.82, 2.24) is 10.6 Å². The Morgan fingerprint density at radius 3 is 2.69 bits per heavy atom. The van der Waals surface area contributed by atoms with E-state index in [9.17, 15) is 0 Å². The number of rotatable bonds is 6. The highest BCUT2D eigenvalue weighted by Gasteiger charge is 1.96. The van der Waals surface area contributed by atoms with Crippen LogP contribution in [0.15, 0.2) is 0 Å². The molecular formula is C9H20N2OS. The molecule has 0 atom stereocenters. The van der Waals surface area contributed by atoms with Crippen LogP contribution in [0.25, 0.3) is 0 Å². The zero-order valence-corrected chi connectivity index (χ0v) is 9.54. The lowest BCUT2D eigenvalue weighted by atomic mass is 10.4. The van der Waals surface area contributed by atoms with Gasteiger partial charge in [0.25, 0.3) is 0 Å². The summed E-state index contributed by atoms with van der Waals surface area (Å²) in [5.74, 6) is 0. The van der Waals surface area contributed by atoms with E-state index < -0.39 is 0 Å². The van der Waals surface area contributed by atoms with Gasteiger partial charge in [-0.25, -0.2) is 0 Å². The molecule has 3 nitrogen and oxygen atoms in total. The molecule has 0 saturated carbocycles. The van der Waals surface area contributed by atoms with Crippen molar-refractivity contribution < 1.29 is 4.74 Å². The molecule has 78 valence electrons. The molecule has 0 radical (unpaired) electrons. The van der Waals surface area contributed by atoms with Gasteiger partial charge in [0.1, 0.15) is 0 Å². The van der Waals surface area contributed by atoms with Crippen LogP contribution < -0.4 is 10.6 Å². The van der Waals surface area contributed by atoms with E-state index in [1.54, 1.807) is 0 Å². The number of ether oxygens (including phenoxy) is 1. The van der Waals surface area contributed by atoms with E-state index in [1.165, 1.54) is 0 Å². The lowest BCUT2D eigenvalue weighted by Crippen LogP contribution is -2.39. The van der Waals surface area contributed by atoms with Crippen LogP contribution in [-0.2, 0) is 4.74 Å². The second-order valence-electron chi connectivity index (χ2n) is 3.11. The summed E-state index contributed by atoms with van der Waals surface area (Å²) in [6, 6.07) is 0.395. The highest BCUT2D eigenvalue weighted by Crippen LogP contribution is 1.81. The number of hydrogen-bond acceptors (Lipinski definition) is 2. The van der Waals surface area contributed by atoms with Crippen molar-refractivity contribution in [3.63, 3.8) is 0 Å². The first-order valence-corrected chi connectivity index (χ1v) is 5.19. The Kier molecular flexibility index (Phi) is 8.04. The van der Waals surface area contributed by atoms with Gasteiger partial charge in [-0.3, -0.25) is 0 Å². The van der Waals surface area contributed by atoms with Crippen molar-refractivity contribution in [3.8, 4) is 0 Å². The van der Waals surface area contributed by atoms with Crippen LogP contribution in [0.3, 0.4) is 0 Å². The van der Waals surface area contributed by atoms with Crippen LogP contribution in [0, 0.1) is 0 Å². The molecule has 0 unspecified atom stereocenters. The molecule has 0 heterocycles. The van der Waals surface area contributed by atoms with E-state index in [-0.39, 0.29) is 0 Å². The van der Waals surface area contributed by atoms with Gasteiger partial charge in [-0.1, -0.05) is 0 Å². The van der Waals surface area contributed by atoms with E-state index >= 15 is 0 Å². The van der Waals surface area contributed by atoms with Crippen LogP contribution >= 0.6 is 12.2 Å². The average molecular weight is 204 g/mol. The summed E-state index contributed by atoms with van der Waals surface area (Å²) in [5, 5.41) is 6.95.